The van der Waals surface area contributed by atoms with Crippen molar-refractivity contribution in [2.24, 2.45) is 0 Å². The van der Waals surface area contributed by atoms with Crippen LogP contribution in [0.15, 0.2) is 535 Å². The van der Waals surface area contributed by atoms with Crippen molar-refractivity contribution in [2.45, 2.75) is 0 Å². The first-order valence-electron chi connectivity index (χ1n) is 48.3. The van der Waals surface area contributed by atoms with E-state index in [0.29, 0.717) is 0 Å². The number of nitrogens with zero attached hydrogens (tertiary/aromatic N) is 6. The summed E-state index contributed by atoms with van der Waals surface area (Å²) in [6.07, 6.45) is 0. The molecule has 0 atom stereocenters. The van der Waals surface area contributed by atoms with Gasteiger partial charge >= 0.3 is 0 Å². The zero-order valence-electron chi connectivity index (χ0n) is 77.4. The summed E-state index contributed by atoms with van der Waals surface area (Å²) in [6, 6.07) is 185. The van der Waals surface area contributed by atoms with Crippen LogP contribution in [-0.4, -0.2) is 13.7 Å². The largest absolute Gasteiger partial charge is 0.453 e. The van der Waals surface area contributed by atoms with Gasteiger partial charge in [-0.3, -0.25) is 0 Å². The van der Waals surface area contributed by atoms with E-state index in [1.807, 2.05) is 22.7 Å². The van der Waals surface area contributed by atoms with E-state index in [-0.39, 0.29) is 0 Å². The van der Waals surface area contributed by atoms with E-state index in [4.69, 9.17) is 13.3 Å². The molecule has 0 bridgehead atoms. The summed E-state index contributed by atoms with van der Waals surface area (Å²) in [5.41, 5.74) is 34.4. The van der Waals surface area contributed by atoms with Crippen LogP contribution in [0, 0.1) is 0 Å². The lowest BCUT2D eigenvalue weighted by molar-refractivity contribution is 0.673. The molecular formula is C132H86N6O3S2. The van der Waals surface area contributed by atoms with Crippen LogP contribution >= 0.6 is 22.7 Å². The predicted octanol–water partition coefficient (Wildman–Crippen LogP) is 38.4. The van der Waals surface area contributed by atoms with Crippen LogP contribution in [0.5, 0.6) is 0 Å². The Morgan fingerprint density at radius 1 is 0.154 bits per heavy atom. The van der Waals surface area contributed by atoms with E-state index in [9.17, 15) is 0 Å². The molecule has 674 valence electrons. The molecule has 0 saturated heterocycles. The van der Waals surface area contributed by atoms with Gasteiger partial charge in [0.05, 0.1) is 16.6 Å². The Hall–Kier alpha value is -18.5. The Bertz CT molecular complexity index is 9700. The highest BCUT2D eigenvalue weighted by Gasteiger charge is 2.28. The second kappa shape index (κ2) is 35.5. The number of para-hydroxylation sites is 12. The van der Waals surface area contributed by atoms with Crippen molar-refractivity contribution in [3.8, 4) is 61.6 Å². The van der Waals surface area contributed by atoms with E-state index >= 15 is 0 Å². The minimum atomic E-state index is 0.892. The molecule has 0 aliphatic carbocycles. The van der Waals surface area contributed by atoms with Crippen molar-refractivity contribution in [1.82, 2.24) is 13.7 Å². The van der Waals surface area contributed by atoms with Crippen LogP contribution < -0.4 is 14.7 Å². The lowest BCUT2D eigenvalue weighted by atomic mass is 10.0. The molecule has 0 aliphatic rings. The van der Waals surface area contributed by atoms with Gasteiger partial charge in [-0.25, -0.2) is 0 Å². The molecule has 8 heterocycles. The van der Waals surface area contributed by atoms with Crippen molar-refractivity contribution < 1.29 is 13.3 Å². The molecule has 0 aliphatic heterocycles. The van der Waals surface area contributed by atoms with Crippen LogP contribution in [0.3, 0.4) is 0 Å². The van der Waals surface area contributed by atoms with E-state index in [0.717, 1.165) is 201 Å². The maximum absolute atomic E-state index is 6.87. The zero-order valence-corrected chi connectivity index (χ0v) is 79.0. The Kier molecular flexibility index (Phi) is 20.8. The second-order valence-electron chi connectivity index (χ2n) is 36.1. The third-order valence-corrected chi connectivity index (χ3v) is 30.0. The molecule has 0 unspecified atom stereocenters. The van der Waals surface area contributed by atoms with Gasteiger partial charge in [-0.15, -0.1) is 22.7 Å². The minimum Gasteiger partial charge on any atom is -0.453 e. The average Bonchev–Trinajstić information content (AvgIpc) is 1.56. The summed E-state index contributed by atoms with van der Waals surface area (Å²) in [4.78, 5) is 7.00. The van der Waals surface area contributed by atoms with Crippen LogP contribution in [0.4, 0.5) is 51.2 Å². The third-order valence-electron chi connectivity index (χ3n) is 27.7. The number of benzene rings is 21. The smallest absolute Gasteiger partial charge is 0.161 e. The molecule has 0 radical (unpaired) electrons. The molecule has 11 heteroatoms. The first-order valence-corrected chi connectivity index (χ1v) is 50.0. The van der Waals surface area contributed by atoms with Gasteiger partial charge < -0.3 is 41.7 Å². The predicted molar refractivity (Wildman–Crippen MR) is 603 cm³/mol. The van der Waals surface area contributed by atoms with Crippen molar-refractivity contribution in [3.05, 3.63) is 522 Å². The summed E-state index contributed by atoms with van der Waals surface area (Å²) in [7, 11) is 0. The van der Waals surface area contributed by atoms with Gasteiger partial charge in [0.25, 0.3) is 0 Å². The van der Waals surface area contributed by atoms with Crippen LogP contribution in [0.1, 0.15) is 0 Å². The molecule has 0 N–H and O–H groups in total. The molecule has 9 nitrogen and oxygen atoms in total. The minimum absolute atomic E-state index is 0.892. The molecule has 0 amide bonds. The van der Waals surface area contributed by atoms with Gasteiger partial charge in [0.15, 0.2) is 16.7 Å². The van der Waals surface area contributed by atoms with Crippen molar-refractivity contribution in [3.63, 3.8) is 0 Å². The van der Waals surface area contributed by atoms with E-state index in [1.54, 1.807) is 0 Å². The maximum Gasteiger partial charge on any atom is 0.161 e. The highest BCUT2D eigenvalue weighted by molar-refractivity contribution is 7.26. The van der Waals surface area contributed by atoms with E-state index < -0.39 is 0 Å². The number of hydrogen-bond acceptors (Lipinski definition) is 8. The first kappa shape index (κ1) is 83.8. The highest BCUT2D eigenvalue weighted by Crippen LogP contribution is 2.51. The van der Waals surface area contributed by atoms with Crippen LogP contribution in [0.2, 0.25) is 0 Å². The van der Waals surface area contributed by atoms with Crippen molar-refractivity contribution in [1.29, 1.82) is 0 Å². The number of anilines is 9. The number of hydrogen-bond donors (Lipinski definition) is 0. The lowest BCUT2D eigenvalue weighted by Crippen LogP contribution is -2.09. The number of furan rings is 3. The normalized spacial score (nSPS) is 11.6. The zero-order chi connectivity index (χ0) is 94.4. The van der Waals surface area contributed by atoms with Gasteiger partial charge in [0.1, 0.15) is 33.3 Å². The molecule has 0 fully saturated rings. The monoisotopic (exact) mass is 1870 g/mol. The number of thiophene rings is 2. The summed E-state index contributed by atoms with van der Waals surface area (Å²) >= 11 is 3.71. The summed E-state index contributed by atoms with van der Waals surface area (Å²) in [5.74, 6) is 0. The molecule has 0 spiro atoms. The molecule has 8 aromatic heterocycles. The Labute approximate surface area is 831 Å². The van der Waals surface area contributed by atoms with Crippen LogP contribution in [0.25, 0.3) is 201 Å². The molecule has 21 aromatic carbocycles. The maximum atomic E-state index is 6.87. The fraction of sp³-hybridized carbons (Fsp3) is 0. The Morgan fingerprint density at radius 2 is 0.399 bits per heavy atom. The topological polar surface area (TPSA) is 63.9 Å². The first-order chi connectivity index (χ1) is 71.0. The molecule has 0 saturated carbocycles. The number of aromatic nitrogens is 3. The highest BCUT2D eigenvalue weighted by atomic mass is 32.1. The summed E-state index contributed by atoms with van der Waals surface area (Å²) in [6.45, 7) is 0. The fourth-order valence-electron chi connectivity index (χ4n) is 21.3. The third kappa shape index (κ3) is 14.7. The molecular weight excluding hydrogens is 1780 g/mol. The van der Waals surface area contributed by atoms with Crippen molar-refractivity contribution in [2.75, 3.05) is 14.7 Å². The Balaban J connectivity index is 0.000000108. The summed E-state index contributed by atoms with van der Waals surface area (Å²) in [5, 5.41) is 11.9. The molecule has 29 rings (SSSR count). The quantitative estimate of drug-likeness (QED) is 0.0961. The average molecular weight is 1870 g/mol. The number of rotatable bonds is 16. The second-order valence-corrected chi connectivity index (χ2v) is 38.2. The van der Waals surface area contributed by atoms with Crippen LogP contribution in [-0.2, 0) is 0 Å². The molecule has 143 heavy (non-hydrogen) atoms. The van der Waals surface area contributed by atoms with Gasteiger partial charge in [-0.1, -0.05) is 309 Å². The van der Waals surface area contributed by atoms with Gasteiger partial charge in [-0.05, 0) is 240 Å². The number of fused-ring (bicyclic) bond motifs is 21. The van der Waals surface area contributed by atoms with Crippen molar-refractivity contribution >= 4 is 213 Å². The fourth-order valence-corrected chi connectivity index (χ4v) is 23.6. The molecule has 29 aromatic rings. The van der Waals surface area contributed by atoms with Gasteiger partial charge in [0.2, 0.25) is 0 Å². The lowest BCUT2D eigenvalue weighted by Gasteiger charge is -2.26. The Morgan fingerprint density at radius 3 is 0.769 bits per heavy atom. The van der Waals surface area contributed by atoms with E-state index in [1.165, 1.54) is 51.5 Å². The van der Waals surface area contributed by atoms with E-state index in [2.05, 4.69) is 550 Å². The summed E-state index contributed by atoms with van der Waals surface area (Å²) < 4.78 is 32.7. The van der Waals surface area contributed by atoms with Gasteiger partial charge in [0, 0.05) is 158 Å². The standard InChI is InChI=1S/C50H30N2OS2.C44H30N2O.C38H26N2O/c1-2-11-32(12-3-1)52-43-18-7-4-15-41(43)50-48(52)42-17-10-16-36(49(42)53-50)31-21-23-33(24-22-31)51(34-25-27-39-37-13-5-8-19-44(37)54-46(39)29-34)35-26-28-40-38-14-6-9-20-45(38)55-47(40)30-35;1-4-14-31(15-5-1)32-26-28-36(29-27-32)45(34-17-6-2-7-18-34)37-21-12-16-33(30-37)38-23-13-24-40-42-44(47-43(38)40)39-22-10-11-25-41(39)46(42)35-19-8-3-9-20-35;1-4-15-28(16-5-1)39(29-17-6-2-7-18-29)31-21-12-14-27(26-31)32-23-13-24-34-36-38(41-37(32)34)33-22-10-11-25-35(33)40(36)30-19-8-3-9-20-30/h1-30H;1-30H;1-26H. The SMILES string of the molecule is c1ccc(-c2ccc(N(c3ccccc3)c3cccc(-c4cccc5c4oc4c6ccccc6n(-c6ccccc6)c54)c3)cc2)cc1.c1ccc(-n2c3ccccc3c3oc4c(-c5ccc(N(c6ccc7c(c6)sc6ccccc67)c6ccc7c(c6)sc6ccccc67)cc5)cccc4c32)cc1.c1ccc(N(c2ccccc2)c2cccc(-c3cccc4c3oc3c5ccccc5n(-c5ccccc5)c43)c2)cc1. The van der Waals surface area contributed by atoms with Gasteiger partial charge in [-0.2, -0.15) is 0 Å².